The number of amides is 1. The molecular formula is C24H33N7O2. The number of aliphatic hydroxyl groups is 1. The van der Waals surface area contributed by atoms with E-state index in [0.29, 0.717) is 37.8 Å². The van der Waals surface area contributed by atoms with Crippen LogP contribution in [0.25, 0.3) is 11.0 Å². The van der Waals surface area contributed by atoms with Crippen molar-refractivity contribution in [2.75, 3.05) is 23.7 Å². The Balaban J connectivity index is 1.54. The Morgan fingerprint density at radius 2 is 2.06 bits per heavy atom. The predicted octanol–water partition coefficient (Wildman–Crippen LogP) is 3.27. The Kier molecular flexibility index (Phi) is 7.08. The summed E-state index contributed by atoms with van der Waals surface area (Å²) in [6.07, 6.45) is 4.72. The second-order valence-corrected chi connectivity index (χ2v) is 8.82. The molecule has 0 bridgehead atoms. The normalized spacial score (nSPS) is 14.3. The number of hydrogen-bond donors (Lipinski definition) is 4. The molecule has 1 aliphatic heterocycles. The number of rotatable bonds is 10. The fourth-order valence-electron chi connectivity index (χ4n) is 4.10. The van der Waals surface area contributed by atoms with Gasteiger partial charge in [-0.25, -0.2) is 4.68 Å². The smallest absolute Gasteiger partial charge is 0.251 e. The molecule has 3 heterocycles. The van der Waals surface area contributed by atoms with E-state index in [4.69, 9.17) is 4.98 Å². The number of carbonyl (C=O) groups excluding carboxylic acids is 1. The van der Waals surface area contributed by atoms with Gasteiger partial charge in [-0.05, 0) is 50.3 Å². The second kappa shape index (κ2) is 10.2. The van der Waals surface area contributed by atoms with Crippen molar-refractivity contribution in [1.29, 1.82) is 0 Å². The van der Waals surface area contributed by atoms with E-state index in [0.717, 1.165) is 47.0 Å². The van der Waals surface area contributed by atoms with E-state index >= 15 is 0 Å². The molecule has 0 fully saturated rings. The van der Waals surface area contributed by atoms with Crippen LogP contribution in [0.4, 0.5) is 11.8 Å². The van der Waals surface area contributed by atoms with Crippen LogP contribution in [0.15, 0.2) is 24.4 Å². The Morgan fingerprint density at radius 1 is 1.21 bits per heavy atom. The highest BCUT2D eigenvalue weighted by Crippen LogP contribution is 2.25. The van der Waals surface area contributed by atoms with Gasteiger partial charge in [0.2, 0.25) is 5.95 Å². The van der Waals surface area contributed by atoms with Gasteiger partial charge in [0.05, 0.1) is 17.7 Å². The number of benzene rings is 1. The molecule has 9 heteroatoms. The van der Waals surface area contributed by atoms with Crippen molar-refractivity contribution in [2.24, 2.45) is 0 Å². The summed E-state index contributed by atoms with van der Waals surface area (Å²) in [6, 6.07) is 6.15. The third-order valence-electron chi connectivity index (χ3n) is 5.88. The molecule has 0 spiro atoms. The quantitative estimate of drug-likeness (QED) is 0.374. The number of nitrogens with zero attached hydrogens (tertiary/aromatic N) is 4. The van der Waals surface area contributed by atoms with Gasteiger partial charge in [-0.15, -0.1) is 0 Å². The van der Waals surface area contributed by atoms with Crippen LogP contribution in [0.3, 0.4) is 0 Å². The summed E-state index contributed by atoms with van der Waals surface area (Å²) < 4.78 is 1.88. The lowest BCUT2D eigenvalue weighted by atomic mass is 9.98. The number of anilines is 2. The molecule has 176 valence electrons. The second-order valence-electron chi connectivity index (χ2n) is 8.82. The van der Waals surface area contributed by atoms with Crippen LogP contribution < -0.4 is 16.0 Å². The topological polar surface area (TPSA) is 117 Å². The number of aliphatic hydroxyl groups excluding tert-OH is 1. The summed E-state index contributed by atoms with van der Waals surface area (Å²) >= 11 is 0. The highest BCUT2D eigenvalue weighted by atomic mass is 16.3. The fourth-order valence-corrected chi connectivity index (χ4v) is 4.10. The Labute approximate surface area is 194 Å². The lowest BCUT2D eigenvalue weighted by Crippen LogP contribution is -2.31. The molecule has 0 aliphatic carbocycles. The standard InChI is InChI=1S/C24H33N7O2/c1-4-5-18(32)9-11-25-21-20-14-28-31(15(2)3)22(20)30-24(29-21)27-13-16-6-7-17-8-10-26-23(33)19(17)12-16/h6-7,12,14-15,18,32H,4-5,8-11,13H2,1-3H3,(H,26,33)(H2,25,27,29,30). The molecule has 4 rings (SSSR count). The van der Waals surface area contributed by atoms with Crippen LogP contribution in [0.1, 0.15) is 67.6 Å². The minimum Gasteiger partial charge on any atom is -0.393 e. The summed E-state index contributed by atoms with van der Waals surface area (Å²) in [5.41, 5.74) is 3.56. The molecule has 1 aliphatic rings. The number of carbonyl (C=O) groups is 1. The van der Waals surface area contributed by atoms with Gasteiger partial charge in [0, 0.05) is 31.2 Å². The van der Waals surface area contributed by atoms with Crippen LogP contribution in [-0.2, 0) is 13.0 Å². The van der Waals surface area contributed by atoms with E-state index in [-0.39, 0.29) is 18.1 Å². The zero-order chi connectivity index (χ0) is 23.4. The van der Waals surface area contributed by atoms with Crippen LogP contribution in [0, 0.1) is 0 Å². The average Bonchev–Trinajstić information content (AvgIpc) is 3.23. The molecule has 0 radical (unpaired) electrons. The lowest BCUT2D eigenvalue weighted by molar-refractivity contribution is 0.0946. The lowest BCUT2D eigenvalue weighted by Gasteiger charge is -2.17. The molecule has 9 nitrogen and oxygen atoms in total. The van der Waals surface area contributed by atoms with Crippen LogP contribution >= 0.6 is 0 Å². The monoisotopic (exact) mass is 451 g/mol. The van der Waals surface area contributed by atoms with Crippen LogP contribution in [0.5, 0.6) is 0 Å². The van der Waals surface area contributed by atoms with E-state index in [1.807, 2.05) is 22.9 Å². The van der Waals surface area contributed by atoms with Gasteiger partial charge in [-0.1, -0.05) is 25.5 Å². The molecule has 2 aromatic heterocycles. The van der Waals surface area contributed by atoms with Crippen molar-refractivity contribution in [3.8, 4) is 0 Å². The molecule has 1 aromatic carbocycles. The van der Waals surface area contributed by atoms with E-state index in [1.54, 1.807) is 6.20 Å². The Bertz CT molecular complexity index is 1130. The molecule has 33 heavy (non-hydrogen) atoms. The van der Waals surface area contributed by atoms with E-state index in [2.05, 4.69) is 46.8 Å². The number of aromatic nitrogens is 4. The summed E-state index contributed by atoms with van der Waals surface area (Å²) in [4.78, 5) is 21.6. The highest BCUT2D eigenvalue weighted by Gasteiger charge is 2.18. The summed E-state index contributed by atoms with van der Waals surface area (Å²) in [7, 11) is 0. The Morgan fingerprint density at radius 3 is 2.85 bits per heavy atom. The third-order valence-corrected chi connectivity index (χ3v) is 5.88. The van der Waals surface area contributed by atoms with Crippen LogP contribution in [-0.4, -0.2) is 50.0 Å². The molecule has 1 atom stereocenters. The number of fused-ring (bicyclic) bond motifs is 2. The zero-order valence-electron chi connectivity index (χ0n) is 19.6. The van der Waals surface area contributed by atoms with Gasteiger partial charge >= 0.3 is 0 Å². The van der Waals surface area contributed by atoms with Gasteiger partial charge in [0.15, 0.2) is 5.65 Å². The molecule has 1 unspecified atom stereocenters. The fraction of sp³-hybridized carbons (Fsp3) is 0.500. The minimum absolute atomic E-state index is 0.0200. The summed E-state index contributed by atoms with van der Waals surface area (Å²) in [5.74, 6) is 1.17. The first-order valence-corrected chi connectivity index (χ1v) is 11.8. The van der Waals surface area contributed by atoms with Crippen molar-refractivity contribution in [3.05, 3.63) is 41.1 Å². The molecule has 0 saturated carbocycles. The molecule has 3 aromatic rings. The molecule has 4 N–H and O–H groups in total. The first kappa shape index (κ1) is 23.0. The van der Waals surface area contributed by atoms with Gasteiger partial charge < -0.3 is 21.1 Å². The minimum atomic E-state index is -0.322. The maximum absolute atomic E-state index is 12.2. The first-order valence-electron chi connectivity index (χ1n) is 11.8. The van der Waals surface area contributed by atoms with Crippen LogP contribution in [0.2, 0.25) is 0 Å². The van der Waals surface area contributed by atoms with Crippen molar-refractivity contribution >= 4 is 28.7 Å². The average molecular weight is 452 g/mol. The zero-order valence-corrected chi connectivity index (χ0v) is 19.6. The van der Waals surface area contributed by atoms with Crippen molar-refractivity contribution < 1.29 is 9.90 Å². The van der Waals surface area contributed by atoms with Gasteiger partial charge in [-0.3, -0.25) is 4.79 Å². The summed E-state index contributed by atoms with van der Waals surface area (Å²) in [5, 5.41) is 25.0. The molecule has 0 saturated heterocycles. The molecule has 1 amide bonds. The van der Waals surface area contributed by atoms with Crippen molar-refractivity contribution in [2.45, 2.75) is 65.1 Å². The maximum atomic E-state index is 12.2. The first-order chi connectivity index (χ1) is 16.0. The predicted molar refractivity (Wildman–Crippen MR) is 130 cm³/mol. The van der Waals surface area contributed by atoms with E-state index in [9.17, 15) is 9.90 Å². The number of nitrogens with one attached hydrogen (secondary N) is 3. The SMILES string of the molecule is CCCC(O)CCNc1nc(NCc2ccc3c(c2)C(=O)NCC3)nc2c1cnn2C(C)C. The number of hydrogen-bond acceptors (Lipinski definition) is 7. The summed E-state index contributed by atoms with van der Waals surface area (Å²) in [6.45, 7) is 7.99. The van der Waals surface area contributed by atoms with Gasteiger partial charge in [0.25, 0.3) is 5.91 Å². The third kappa shape index (κ3) is 5.24. The largest absolute Gasteiger partial charge is 0.393 e. The van der Waals surface area contributed by atoms with Gasteiger partial charge in [0.1, 0.15) is 5.82 Å². The van der Waals surface area contributed by atoms with E-state index < -0.39 is 0 Å². The Hall–Kier alpha value is -3.20. The van der Waals surface area contributed by atoms with Gasteiger partial charge in [-0.2, -0.15) is 15.1 Å². The molecular weight excluding hydrogens is 418 g/mol. The van der Waals surface area contributed by atoms with E-state index in [1.165, 1.54) is 0 Å². The van der Waals surface area contributed by atoms with Crippen molar-refractivity contribution in [3.63, 3.8) is 0 Å². The highest BCUT2D eigenvalue weighted by molar-refractivity contribution is 5.96. The maximum Gasteiger partial charge on any atom is 0.251 e. The van der Waals surface area contributed by atoms with Crippen molar-refractivity contribution in [1.82, 2.24) is 25.1 Å².